The molecule has 2 aromatic rings. The van der Waals surface area contributed by atoms with E-state index in [4.69, 9.17) is 0 Å². The molecule has 2 rings (SSSR count). The number of hydrogen-bond acceptors (Lipinski definition) is 4. The van der Waals surface area contributed by atoms with Gasteiger partial charge in [-0.05, 0) is 38.0 Å². The van der Waals surface area contributed by atoms with Crippen LogP contribution in [0.2, 0.25) is 0 Å². The Bertz CT molecular complexity index is 685. The molecule has 0 saturated carbocycles. The fourth-order valence-corrected chi connectivity index (χ4v) is 2.26. The monoisotopic (exact) mass is 283 g/mol. The number of hydrazone groups is 1. The molecule has 21 heavy (non-hydrogen) atoms. The molecule has 0 unspecified atom stereocenters. The van der Waals surface area contributed by atoms with Gasteiger partial charge in [-0.3, -0.25) is 15.5 Å². The molecule has 0 aliphatic carbocycles. The Balaban J connectivity index is 2.16. The minimum absolute atomic E-state index is 0.0397. The molecule has 0 aromatic heterocycles. The van der Waals surface area contributed by atoms with Crippen molar-refractivity contribution < 1.29 is 4.92 Å². The van der Waals surface area contributed by atoms with Crippen molar-refractivity contribution in [1.82, 2.24) is 0 Å². The van der Waals surface area contributed by atoms with E-state index in [0.717, 1.165) is 16.7 Å². The van der Waals surface area contributed by atoms with Crippen LogP contribution in [0.25, 0.3) is 0 Å². The van der Waals surface area contributed by atoms with Crippen molar-refractivity contribution in [3.05, 3.63) is 68.8 Å². The molecule has 0 fully saturated rings. The summed E-state index contributed by atoms with van der Waals surface area (Å²) in [5.74, 6) is 0. The smallest absolute Gasteiger partial charge is 0.271 e. The summed E-state index contributed by atoms with van der Waals surface area (Å²) in [7, 11) is 0. The van der Waals surface area contributed by atoms with E-state index in [1.807, 2.05) is 13.8 Å². The highest BCUT2D eigenvalue weighted by Gasteiger charge is 2.05. The first-order valence-electron chi connectivity index (χ1n) is 6.59. The zero-order chi connectivity index (χ0) is 15.4. The predicted octanol–water partition coefficient (Wildman–Crippen LogP) is 3.97. The van der Waals surface area contributed by atoms with Crippen molar-refractivity contribution in [2.75, 3.05) is 5.43 Å². The second-order valence-electron chi connectivity index (χ2n) is 4.99. The third-order valence-corrected chi connectivity index (χ3v) is 3.18. The van der Waals surface area contributed by atoms with Crippen LogP contribution in [0.3, 0.4) is 0 Å². The van der Waals surface area contributed by atoms with E-state index in [-0.39, 0.29) is 5.69 Å². The van der Waals surface area contributed by atoms with Crippen molar-refractivity contribution in [2.24, 2.45) is 5.10 Å². The zero-order valence-electron chi connectivity index (χ0n) is 12.3. The molecule has 0 radical (unpaired) electrons. The maximum absolute atomic E-state index is 10.7. The summed E-state index contributed by atoms with van der Waals surface area (Å²) in [6.45, 7) is 6.13. The molecular weight excluding hydrogens is 266 g/mol. The maximum atomic E-state index is 10.7. The van der Waals surface area contributed by atoms with E-state index in [9.17, 15) is 10.1 Å². The maximum Gasteiger partial charge on any atom is 0.271 e. The standard InChI is InChI=1S/C16H17N3O2/c1-11-7-12(2)16(13(3)8-11)10-17-18-14-5-4-6-15(9-14)19(20)21/h4-10,18H,1-3H3/b17-10-. The molecule has 0 atom stereocenters. The minimum atomic E-state index is -0.427. The summed E-state index contributed by atoms with van der Waals surface area (Å²) in [6.07, 6.45) is 1.74. The van der Waals surface area contributed by atoms with E-state index >= 15 is 0 Å². The summed E-state index contributed by atoms with van der Waals surface area (Å²) in [5.41, 5.74) is 8.02. The highest BCUT2D eigenvalue weighted by Crippen LogP contribution is 2.17. The second-order valence-corrected chi connectivity index (χ2v) is 4.99. The van der Waals surface area contributed by atoms with Gasteiger partial charge < -0.3 is 0 Å². The molecule has 0 spiro atoms. The van der Waals surface area contributed by atoms with Crippen LogP contribution in [0.4, 0.5) is 11.4 Å². The molecule has 5 nitrogen and oxygen atoms in total. The van der Waals surface area contributed by atoms with Gasteiger partial charge in [0.05, 0.1) is 16.8 Å². The number of nitrogens with zero attached hydrogens (tertiary/aromatic N) is 2. The summed E-state index contributed by atoms with van der Waals surface area (Å²) >= 11 is 0. The first kappa shape index (κ1) is 14.7. The van der Waals surface area contributed by atoms with Gasteiger partial charge >= 0.3 is 0 Å². The molecule has 1 N–H and O–H groups in total. The Hall–Kier alpha value is -2.69. The van der Waals surface area contributed by atoms with Crippen molar-refractivity contribution in [3.63, 3.8) is 0 Å². The van der Waals surface area contributed by atoms with E-state index in [1.54, 1.807) is 18.3 Å². The van der Waals surface area contributed by atoms with Gasteiger partial charge in [0, 0.05) is 17.7 Å². The van der Waals surface area contributed by atoms with Crippen molar-refractivity contribution in [3.8, 4) is 0 Å². The molecule has 5 heteroatoms. The molecule has 0 bridgehead atoms. The van der Waals surface area contributed by atoms with Gasteiger partial charge in [-0.15, -0.1) is 0 Å². The van der Waals surface area contributed by atoms with Crippen LogP contribution < -0.4 is 5.43 Å². The normalized spacial score (nSPS) is 10.8. The van der Waals surface area contributed by atoms with Gasteiger partial charge in [-0.1, -0.05) is 23.8 Å². The van der Waals surface area contributed by atoms with Gasteiger partial charge in [-0.2, -0.15) is 5.10 Å². The number of nitro benzene ring substituents is 1. The van der Waals surface area contributed by atoms with Gasteiger partial charge in [0.2, 0.25) is 0 Å². The first-order valence-corrected chi connectivity index (χ1v) is 6.59. The Morgan fingerprint density at radius 2 is 1.81 bits per heavy atom. The fraction of sp³-hybridized carbons (Fsp3) is 0.188. The number of nitro groups is 1. The van der Waals surface area contributed by atoms with Crippen molar-refractivity contribution in [2.45, 2.75) is 20.8 Å². The number of rotatable bonds is 4. The van der Waals surface area contributed by atoms with Crippen LogP contribution in [0.1, 0.15) is 22.3 Å². The lowest BCUT2D eigenvalue weighted by atomic mass is 10.0. The van der Waals surface area contributed by atoms with Gasteiger partial charge in [0.15, 0.2) is 0 Å². The van der Waals surface area contributed by atoms with E-state index in [1.165, 1.54) is 17.7 Å². The van der Waals surface area contributed by atoms with Crippen LogP contribution in [0, 0.1) is 30.9 Å². The topological polar surface area (TPSA) is 67.5 Å². The lowest BCUT2D eigenvalue weighted by Gasteiger charge is -2.06. The summed E-state index contributed by atoms with van der Waals surface area (Å²) in [6, 6.07) is 10.5. The molecule has 2 aromatic carbocycles. The quantitative estimate of drug-likeness (QED) is 0.524. The lowest BCUT2D eigenvalue weighted by Crippen LogP contribution is -1.97. The van der Waals surface area contributed by atoms with Crippen LogP contribution in [0.5, 0.6) is 0 Å². The number of hydrogen-bond donors (Lipinski definition) is 1. The Labute approximate surface area is 123 Å². The van der Waals surface area contributed by atoms with Crippen molar-refractivity contribution in [1.29, 1.82) is 0 Å². The SMILES string of the molecule is Cc1cc(C)c(/C=N\Nc2cccc([N+](=O)[O-])c2)c(C)c1. The third-order valence-electron chi connectivity index (χ3n) is 3.18. The molecule has 0 heterocycles. The lowest BCUT2D eigenvalue weighted by molar-refractivity contribution is -0.384. The van der Waals surface area contributed by atoms with E-state index in [0.29, 0.717) is 5.69 Å². The number of aryl methyl sites for hydroxylation is 3. The van der Waals surface area contributed by atoms with Gasteiger partial charge in [-0.25, -0.2) is 0 Å². The minimum Gasteiger partial charge on any atom is -0.278 e. The van der Waals surface area contributed by atoms with Crippen molar-refractivity contribution >= 4 is 17.6 Å². The van der Waals surface area contributed by atoms with Crippen LogP contribution in [-0.2, 0) is 0 Å². The highest BCUT2D eigenvalue weighted by molar-refractivity contribution is 5.84. The van der Waals surface area contributed by atoms with E-state index in [2.05, 4.69) is 29.6 Å². The van der Waals surface area contributed by atoms with Crippen LogP contribution in [-0.4, -0.2) is 11.1 Å². The van der Waals surface area contributed by atoms with Gasteiger partial charge in [0.25, 0.3) is 5.69 Å². The van der Waals surface area contributed by atoms with Gasteiger partial charge in [0.1, 0.15) is 0 Å². The van der Waals surface area contributed by atoms with Crippen LogP contribution in [0.15, 0.2) is 41.5 Å². The first-order chi connectivity index (χ1) is 9.97. The third kappa shape index (κ3) is 3.66. The summed E-state index contributed by atoms with van der Waals surface area (Å²) in [4.78, 5) is 10.3. The number of non-ortho nitro benzene ring substituents is 1. The average Bonchev–Trinajstić information content (AvgIpc) is 2.42. The summed E-state index contributed by atoms with van der Waals surface area (Å²) in [5, 5.41) is 14.9. The largest absolute Gasteiger partial charge is 0.278 e. The number of anilines is 1. The average molecular weight is 283 g/mol. The zero-order valence-corrected chi connectivity index (χ0v) is 12.3. The highest BCUT2D eigenvalue weighted by atomic mass is 16.6. The molecular formula is C16H17N3O2. The molecule has 0 amide bonds. The fourth-order valence-electron chi connectivity index (χ4n) is 2.26. The molecule has 108 valence electrons. The molecule has 0 saturated heterocycles. The van der Waals surface area contributed by atoms with E-state index < -0.39 is 4.92 Å². The predicted molar refractivity (Wildman–Crippen MR) is 85.0 cm³/mol. The summed E-state index contributed by atoms with van der Waals surface area (Å²) < 4.78 is 0. The number of nitrogens with one attached hydrogen (secondary N) is 1. The van der Waals surface area contributed by atoms with Crippen LogP contribution >= 0.6 is 0 Å². The Morgan fingerprint density at radius 3 is 2.43 bits per heavy atom. The Morgan fingerprint density at radius 1 is 1.14 bits per heavy atom. The second kappa shape index (κ2) is 6.17. The molecule has 0 aliphatic heterocycles. The molecule has 0 aliphatic rings. The Kier molecular flexibility index (Phi) is 4.33. The number of benzene rings is 2.